The second-order valence-corrected chi connectivity index (χ2v) is 8.47. The van der Waals surface area contributed by atoms with E-state index in [0.717, 1.165) is 22.5 Å². The first kappa shape index (κ1) is 24.8. The molecule has 4 aromatic rings. The molecule has 0 aliphatic carbocycles. The van der Waals surface area contributed by atoms with Crippen LogP contribution in [-0.2, 0) is 26.2 Å². The van der Waals surface area contributed by atoms with Crippen LogP contribution in [0.1, 0.15) is 22.5 Å². The summed E-state index contributed by atoms with van der Waals surface area (Å²) in [6.07, 6.45) is 4.09. The average molecular weight is 469 g/mol. The predicted octanol–water partition coefficient (Wildman–Crippen LogP) is -0.992. The molecule has 0 spiro atoms. The SMILES string of the molecule is OB(O)c1ccc(C[n+]2ccccc2CNCc2cccc[n+]2Cc2ccc(B(O)O)cc2)cc1. The first-order chi connectivity index (χ1) is 17.0. The molecule has 0 aliphatic heterocycles. The largest absolute Gasteiger partial charge is 0.488 e. The van der Waals surface area contributed by atoms with Crippen LogP contribution in [0.25, 0.3) is 0 Å². The number of hydrogen-bond acceptors (Lipinski definition) is 5. The Bertz CT molecular complexity index is 1140. The van der Waals surface area contributed by atoms with E-state index in [-0.39, 0.29) is 0 Å². The summed E-state index contributed by atoms with van der Waals surface area (Å²) in [5.74, 6) is 0. The van der Waals surface area contributed by atoms with Crippen LogP contribution in [0.3, 0.4) is 0 Å². The van der Waals surface area contributed by atoms with Crippen molar-refractivity contribution in [2.45, 2.75) is 26.2 Å². The molecule has 9 heteroatoms. The fraction of sp³-hybridized carbons (Fsp3) is 0.154. The summed E-state index contributed by atoms with van der Waals surface area (Å²) in [7, 11) is -2.91. The Hall–Kier alpha value is -3.33. The summed E-state index contributed by atoms with van der Waals surface area (Å²) in [6, 6.07) is 26.8. The highest BCUT2D eigenvalue weighted by Gasteiger charge is 2.16. The van der Waals surface area contributed by atoms with Gasteiger partial charge < -0.3 is 20.1 Å². The molecule has 176 valence electrons. The molecule has 0 saturated heterocycles. The van der Waals surface area contributed by atoms with Crippen LogP contribution in [-0.4, -0.2) is 34.3 Å². The van der Waals surface area contributed by atoms with Crippen LogP contribution in [0.15, 0.2) is 97.3 Å². The number of nitrogens with one attached hydrogen (secondary N) is 1. The van der Waals surface area contributed by atoms with Crippen LogP contribution < -0.4 is 25.4 Å². The molecule has 2 aromatic carbocycles. The molecule has 35 heavy (non-hydrogen) atoms. The highest BCUT2D eigenvalue weighted by Crippen LogP contribution is 2.02. The van der Waals surface area contributed by atoms with Gasteiger partial charge >= 0.3 is 14.2 Å². The topological polar surface area (TPSA) is 101 Å². The minimum Gasteiger partial charge on any atom is -0.423 e. The van der Waals surface area contributed by atoms with Gasteiger partial charge in [-0.15, -0.1) is 0 Å². The Morgan fingerprint density at radius 1 is 0.543 bits per heavy atom. The first-order valence-electron chi connectivity index (χ1n) is 11.5. The molecule has 0 aliphatic rings. The lowest BCUT2D eigenvalue weighted by Gasteiger charge is -2.08. The van der Waals surface area contributed by atoms with Crippen molar-refractivity contribution in [2.75, 3.05) is 0 Å². The fourth-order valence-corrected chi connectivity index (χ4v) is 3.96. The molecule has 2 heterocycles. The van der Waals surface area contributed by atoms with E-state index in [0.29, 0.717) is 37.1 Å². The Balaban J connectivity index is 1.39. The van der Waals surface area contributed by atoms with Crippen molar-refractivity contribution in [2.24, 2.45) is 0 Å². The molecule has 0 bridgehead atoms. The van der Waals surface area contributed by atoms with Gasteiger partial charge in [-0.05, 0) is 10.9 Å². The summed E-state index contributed by atoms with van der Waals surface area (Å²) in [5.41, 5.74) is 5.39. The smallest absolute Gasteiger partial charge is 0.423 e. The Kier molecular flexibility index (Phi) is 8.41. The molecule has 5 N–H and O–H groups in total. The number of benzene rings is 2. The van der Waals surface area contributed by atoms with Crippen molar-refractivity contribution in [1.29, 1.82) is 0 Å². The monoisotopic (exact) mass is 469 g/mol. The molecule has 4 rings (SSSR count). The highest BCUT2D eigenvalue weighted by molar-refractivity contribution is 6.58. The first-order valence-corrected chi connectivity index (χ1v) is 11.5. The lowest BCUT2D eigenvalue weighted by Crippen LogP contribution is -2.42. The molecular formula is C26H29B2N3O4+2. The van der Waals surface area contributed by atoms with E-state index in [1.807, 2.05) is 60.9 Å². The van der Waals surface area contributed by atoms with Crippen LogP contribution in [0.4, 0.5) is 0 Å². The number of hydrogen-bond donors (Lipinski definition) is 5. The predicted molar refractivity (Wildman–Crippen MR) is 135 cm³/mol. The average Bonchev–Trinajstić information content (AvgIpc) is 2.87. The van der Waals surface area contributed by atoms with Crippen molar-refractivity contribution >= 4 is 25.2 Å². The molecule has 2 aromatic heterocycles. The number of aromatic nitrogens is 2. The Morgan fingerprint density at radius 3 is 1.31 bits per heavy atom. The van der Waals surface area contributed by atoms with Gasteiger partial charge in [-0.3, -0.25) is 5.32 Å². The van der Waals surface area contributed by atoms with Crippen molar-refractivity contribution in [3.8, 4) is 0 Å². The molecule has 0 unspecified atom stereocenters. The molecule has 0 fully saturated rings. The fourth-order valence-electron chi connectivity index (χ4n) is 3.96. The van der Waals surface area contributed by atoms with E-state index in [1.54, 1.807) is 24.3 Å². The van der Waals surface area contributed by atoms with Gasteiger partial charge in [-0.25, -0.2) is 0 Å². The van der Waals surface area contributed by atoms with Crippen LogP contribution in [0.2, 0.25) is 0 Å². The van der Waals surface area contributed by atoms with Crippen molar-refractivity contribution in [3.05, 3.63) is 120 Å². The van der Waals surface area contributed by atoms with E-state index in [1.165, 1.54) is 0 Å². The third-order valence-corrected chi connectivity index (χ3v) is 5.94. The lowest BCUT2D eigenvalue weighted by molar-refractivity contribution is -0.697. The Labute approximate surface area is 205 Å². The minimum absolute atomic E-state index is 0.479. The summed E-state index contributed by atoms with van der Waals surface area (Å²) < 4.78 is 4.35. The van der Waals surface area contributed by atoms with Gasteiger partial charge in [-0.2, -0.15) is 9.13 Å². The maximum absolute atomic E-state index is 9.29. The number of pyridine rings is 2. The lowest BCUT2D eigenvalue weighted by atomic mass is 9.80. The van der Waals surface area contributed by atoms with Gasteiger partial charge in [0.25, 0.3) is 0 Å². The summed E-state index contributed by atoms with van der Waals surface area (Å²) in [6.45, 7) is 2.74. The molecule has 0 radical (unpaired) electrons. The second kappa shape index (κ2) is 11.9. The van der Waals surface area contributed by atoms with Gasteiger partial charge in [-0.1, -0.05) is 60.7 Å². The standard InChI is InChI=1S/C26H29B2N3O4/c32-27(33)23-11-7-21(8-12-23)19-30-15-3-1-5-25(30)17-29-18-26-6-2-4-16-31(26)20-22-9-13-24(14-10-22)28(34)35/h1-16,29,32-35H,17-20H2/q+2. The van der Waals surface area contributed by atoms with E-state index in [4.69, 9.17) is 0 Å². The zero-order chi connectivity index (χ0) is 24.6. The molecule has 0 atom stereocenters. The molecule has 0 saturated carbocycles. The number of nitrogens with zero attached hydrogens (tertiary/aromatic N) is 2. The summed E-state index contributed by atoms with van der Waals surface area (Å²) in [4.78, 5) is 0. The van der Waals surface area contributed by atoms with Crippen LogP contribution in [0.5, 0.6) is 0 Å². The van der Waals surface area contributed by atoms with E-state index in [9.17, 15) is 20.1 Å². The van der Waals surface area contributed by atoms with Gasteiger partial charge in [0.15, 0.2) is 36.9 Å². The van der Waals surface area contributed by atoms with Crippen LogP contribution in [0, 0.1) is 0 Å². The highest BCUT2D eigenvalue weighted by atomic mass is 16.4. The molecular weight excluding hydrogens is 440 g/mol. The zero-order valence-corrected chi connectivity index (χ0v) is 19.4. The van der Waals surface area contributed by atoms with Gasteiger partial charge in [0.2, 0.25) is 0 Å². The van der Waals surface area contributed by atoms with Crippen molar-refractivity contribution in [3.63, 3.8) is 0 Å². The summed E-state index contributed by atoms with van der Waals surface area (Å²) >= 11 is 0. The maximum atomic E-state index is 9.29. The quantitative estimate of drug-likeness (QED) is 0.152. The van der Waals surface area contributed by atoms with Crippen molar-refractivity contribution in [1.82, 2.24) is 5.32 Å². The normalized spacial score (nSPS) is 10.9. The second-order valence-electron chi connectivity index (χ2n) is 8.47. The minimum atomic E-state index is -1.46. The maximum Gasteiger partial charge on any atom is 0.488 e. The van der Waals surface area contributed by atoms with E-state index >= 15 is 0 Å². The number of rotatable bonds is 10. The van der Waals surface area contributed by atoms with Gasteiger partial charge in [0.05, 0.1) is 13.1 Å². The third-order valence-electron chi connectivity index (χ3n) is 5.94. The third kappa shape index (κ3) is 6.85. The van der Waals surface area contributed by atoms with Gasteiger partial charge in [0.1, 0.15) is 0 Å². The van der Waals surface area contributed by atoms with E-state index < -0.39 is 14.2 Å². The van der Waals surface area contributed by atoms with E-state index in [2.05, 4.69) is 26.6 Å². The van der Waals surface area contributed by atoms with Gasteiger partial charge in [0, 0.05) is 35.4 Å². The zero-order valence-electron chi connectivity index (χ0n) is 19.4. The summed E-state index contributed by atoms with van der Waals surface area (Å²) in [5, 5.41) is 40.7. The van der Waals surface area contributed by atoms with Crippen LogP contribution >= 0.6 is 0 Å². The van der Waals surface area contributed by atoms with Crippen molar-refractivity contribution < 1.29 is 29.2 Å². The Morgan fingerprint density at radius 2 is 0.943 bits per heavy atom. The molecule has 0 amide bonds. The molecule has 7 nitrogen and oxygen atoms in total.